The van der Waals surface area contributed by atoms with Gasteiger partial charge < -0.3 is 10.2 Å². The molecule has 1 aliphatic rings. The Balaban J connectivity index is 2.16. The summed E-state index contributed by atoms with van der Waals surface area (Å²) in [7, 11) is -1.17. The summed E-state index contributed by atoms with van der Waals surface area (Å²) in [6.07, 6.45) is 3.16. The molecule has 20 heavy (non-hydrogen) atoms. The van der Waals surface area contributed by atoms with Crippen molar-refractivity contribution in [2.24, 2.45) is 0 Å². The van der Waals surface area contributed by atoms with Gasteiger partial charge in [-0.3, -0.25) is 4.98 Å². The summed E-state index contributed by atoms with van der Waals surface area (Å²) >= 11 is 0. The lowest BCUT2D eigenvalue weighted by Crippen LogP contribution is -2.48. The Morgan fingerprint density at radius 1 is 1.30 bits per heavy atom. The maximum atomic E-state index is 11.5. The van der Waals surface area contributed by atoms with Crippen LogP contribution >= 0.6 is 0 Å². The van der Waals surface area contributed by atoms with Gasteiger partial charge in [0.2, 0.25) is 10.0 Å². The van der Waals surface area contributed by atoms with Crippen molar-refractivity contribution < 1.29 is 8.42 Å². The molecule has 0 saturated carbocycles. The lowest BCUT2D eigenvalue weighted by atomic mass is 10.1. The van der Waals surface area contributed by atoms with E-state index in [9.17, 15) is 8.42 Å². The summed E-state index contributed by atoms with van der Waals surface area (Å²) in [6.45, 7) is 5.24. The molecule has 0 atom stereocenters. The lowest BCUT2D eigenvalue weighted by Gasteiger charge is -2.35. The van der Waals surface area contributed by atoms with Gasteiger partial charge in [0.15, 0.2) is 0 Å². The van der Waals surface area contributed by atoms with Crippen LogP contribution in [0.15, 0.2) is 12.3 Å². The van der Waals surface area contributed by atoms with E-state index in [4.69, 9.17) is 0 Å². The van der Waals surface area contributed by atoms with Gasteiger partial charge in [-0.2, -0.15) is 4.31 Å². The van der Waals surface area contributed by atoms with Crippen molar-refractivity contribution in [1.82, 2.24) is 14.6 Å². The number of hydrogen-bond donors (Lipinski definition) is 1. The number of nitrogens with zero attached hydrogens (tertiary/aromatic N) is 3. The van der Waals surface area contributed by atoms with Crippen molar-refractivity contribution in [2.45, 2.75) is 13.5 Å². The summed E-state index contributed by atoms with van der Waals surface area (Å²) in [5.41, 5.74) is 3.27. The number of aromatic nitrogens is 1. The maximum Gasteiger partial charge on any atom is 0.211 e. The van der Waals surface area contributed by atoms with Crippen LogP contribution in [0.2, 0.25) is 0 Å². The summed E-state index contributed by atoms with van der Waals surface area (Å²) in [5.74, 6) is 0. The summed E-state index contributed by atoms with van der Waals surface area (Å²) in [5, 5.41) is 3.14. The first-order chi connectivity index (χ1) is 9.41. The molecule has 112 valence electrons. The second-order valence-electron chi connectivity index (χ2n) is 5.13. The summed E-state index contributed by atoms with van der Waals surface area (Å²) < 4.78 is 24.6. The summed E-state index contributed by atoms with van der Waals surface area (Å²) in [4.78, 5) is 6.57. The zero-order valence-electron chi connectivity index (χ0n) is 12.3. The van der Waals surface area contributed by atoms with Gasteiger partial charge in [0.25, 0.3) is 0 Å². The van der Waals surface area contributed by atoms with Gasteiger partial charge in [-0.15, -0.1) is 0 Å². The molecular weight excluding hydrogens is 276 g/mol. The van der Waals surface area contributed by atoms with Crippen molar-refractivity contribution in [3.8, 4) is 0 Å². The second kappa shape index (κ2) is 6.07. The molecule has 1 aliphatic heterocycles. The molecule has 7 heteroatoms. The lowest BCUT2D eigenvalue weighted by molar-refractivity contribution is 0.387. The average molecular weight is 298 g/mol. The number of piperazine rings is 1. The highest BCUT2D eigenvalue weighted by atomic mass is 32.2. The van der Waals surface area contributed by atoms with Gasteiger partial charge in [-0.25, -0.2) is 8.42 Å². The van der Waals surface area contributed by atoms with Crippen LogP contribution in [0.4, 0.5) is 5.69 Å². The van der Waals surface area contributed by atoms with E-state index in [2.05, 4.69) is 21.3 Å². The fourth-order valence-corrected chi connectivity index (χ4v) is 3.28. The number of anilines is 1. The molecule has 0 radical (unpaired) electrons. The third kappa shape index (κ3) is 3.47. The van der Waals surface area contributed by atoms with E-state index in [1.807, 2.05) is 20.2 Å². The Labute approximate surface area is 120 Å². The molecule has 6 nitrogen and oxygen atoms in total. The highest BCUT2D eigenvalue weighted by Crippen LogP contribution is 2.22. The van der Waals surface area contributed by atoms with Crippen molar-refractivity contribution in [2.75, 3.05) is 44.4 Å². The van der Waals surface area contributed by atoms with Crippen LogP contribution in [-0.4, -0.2) is 57.2 Å². The van der Waals surface area contributed by atoms with Gasteiger partial charge in [0, 0.05) is 55.9 Å². The molecule has 0 unspecified atom stereocenters. The van der Waals surface area contributed by atoms with E-state index in [1.165, 1.54) is 10.6 Å². The van der Waals surface area contributed by atoms with Gasteiger partial charge in [0.05, 0.1) is 6.26 Å². The van der Waals surface area contributed by atoms with Gasteiger partial charge in [-0.1, -0.05) is 0 Å². The Morgan fingerprint density at radius 2 is 1.95 bits per heavy atom. The molecule has 1 N–H and O–H groups in total. The fourth-order valence-electron chi connectivity index (χ4n) is 2.46. The minimum atomic E-state index is -3.08. The Bertz CT molecular complexity index is 566. The van der Waals surface area contributed by atoms with E-state index in [0.29, 0.717) is 26.2 Å². The van der Waals surface area contributed by atoms with Crippen LogP contribution < -0.4 is 10.2 Å². The van der Waals surface area contributed by atoms with E-state index in [1.54, 1.807) is 0 Å². The first-order valence-electron chi connectivity index (χ1n) is 6.72. The number of rotatable bonds is 4. The number of nitrogens with one attached hydrogen (secondary N) is 1. The highest BCUT2D eigenvalue weighted by Gasteiger charge is 2.24. The monoisotopic (exact) mass is 298 g/mol. The number of sulfonamides is 1. The standard InChI is InChI=1S/C13H22N4O2S/c1-11-8-13(12(9-14-2)10-15-11)16-4-6-17(7-5-16)20(3,18)19/h8,10,14H,4-7,9H2,1-3H3. The van der Waals surface area contributed by atoms with Gasteiger partial charge in [0.1, 0.15) is 0 Å². The third-order valence-electron chi connectivity index (χ3n) is 3.51. The Kier molecular flexibility index (Phi) is 4.62. The molecular formula is C13H22N4O2S. The third-order valence-corrected chi connectivity index (χ3v) is 4.82. The van der Waals surface area contributed by atoms with Gasteiger partial charge in [-0.05, 0) is 20.0 Å². The first kappa shape index (κ1) is 15.2. The predicted octanol–water partition coefficient (Wildman–Crippen LogP) is 0.191. The SMILES string of the molecule is CNCc1cnc(C)cc1N1CCN(S(C)(=O)=O)CC1. The Hall–Kier alpha value is -1.18. The molecule has 0 aromatic carbocycles. The van der Waals surface area contributed by atoms with E-state index < -0.39 is 10.0 Å². The molecule has 1 aromatic rings. The predicted molar refractivity (Wildman–Crippen MR) is 80.4 cm³/mol. The molecule has 0 bridgehead atoms. The quantitative estimate of drug-likeness (QED) is 0.860. The van der Waals surface area contributed by atoms with E-state index >= 15 is 0 Å². The molecule has 0 amide bonds. The molecule has 0 spiro atoms. The highest BCUT2D eigenvalue weighted by molar-refractivity contribution is 7.88. The zero-order valence-corrected chi connectivity index (χ0v) is 13.1. The van der Waals surface area contributed by atoms with Crippen LogP contribution in [-0.2, 0) is 16.6 Å². The van der Waals surface area contributed by atoms with Crippen LogP contribution in [0.1, 0.15) is 11.3 Å². The normalized spacial score (nSPS) is 17.4. The fraction of sp³-hybridized carbons (Fsp3) is 0.615. The van der Waals surface area contributed by atoms with E-state index in [-0.39, 0.29) is 0 Å². The van der Waals surface area contributed by atoms with Gasteiger partial charge >= 0.3 is 0 Å². The Morgan fingerprint density at radius 3 is 2.50 bits per heavy atom. The molecule has 2 heterocycles. The summed E-state index contributed by atoms with van der Waals surface area (Å²) in [6, 6.07) is 2.07. The average Bonchev–Trinajstić information content (AvgIpc) is 2.40. The van der Waals surface area contributed by atoms with Crippen LogP contribution in [0.5, 0.6) is 0 Å². The van der Waals surface area contributed by atoms with Crippen molar-refractivity contribution in [3.63, 3.8) is 0 Å². The smallest absolute Gasteiger partial charge is 0.211 e. The largest absolute Gasteiger partial charge is 0.369 e. The minimum Gasteiger partial charge on any atom is -0.369 e. The molecule has 1 aromatic heterocycles. The topological polar surface area (TPSA) is 65.5 Å². The van der Waals surface area contributed by atoms with Crippen molar-refractivity contribution >= 4 is 15.7 Å². The maximum absolute atomic E-state index is 11.5. The number of hydrogen-bond acceptors (Lipinski definition) is 5. The zero-order chi connectivity index (χ0) is 14.8. The van der Waals surface area contributed by atoms with Crippen LogP contribution in [0.25, 0.3) is 0 Å². The molecule has 2 rings (SSSR count). The van der Waals surface area contributed by atoms with Crippen LogP contribution in [0, 0.1) is 6.92 Å². The van der Waals surface area contributed by atoms with Crippen molar-refractivity contribution in [3.05, 3.63) is 23.5 Å². The van der Waals surface area contributed by atoms with E-state index in [0.717, 1.165) is 23.5 Å². The van der Waals surface area contributed by atoms with Crippen molar-refractivity contribution in [1.29, 1.82) is 0 Å². The minimum absolute atomic E-state index is 0.541. The molecule has 1 saturated heterocycles. The number of aryl methyl sites for hydroxylation is 1. The van der Waals surface area contributed by atoms with Crippen LogP contribution in [0.3, 0.4) is 0 Å². The molecule has 1 fully saturated rings. The number of pyridine rings is 1. The molecule has 0 aliphatic carbocycles. The first-order valence-corrected chi connectivity index (χ1v) is 8.57. The second-order valence-corrected chi connectivity index (χ2v) is 7.12.